The average Bonchev–Trinajstić information content (AvgIpc) is 3.05. The Labute approximate surface area is 183 Å². The fraction of sp³-hybridized carbons (Fsp3) is 0.308. The molecule has 0 bridgehead atoms. The topological polar surface area (TPSA) is 43.1 Å². The second-order valence-electron chi connectivity index (χ2n) is 8.15. The van der Waals surface area contributed by atoms with Crippen molar-refractivity contribution < 1.29 is 0 Å². The lowest BCUT2D eigenvalue weighted by atomic mass is 10.0. The average molecular weight is 415 g/mol. The van der Waals surface area contributed by atoms with Gasteiger partial charge in [0, 0.05) is 61.7 Å². The highest BCUT2D eigenvalue weighted by Gasteiger charge is 2.22. The lowest BCUT2D eigenvalue weighted by Crippen LogP contribution is -2.30. The Morgan fingerprint density at radius 1 is 1.10 bits per heavy atom. The molecule has 5 rings (SSSR count). The van der Waals surface area contributed by atoms with Gasteiger partial charge in [-0.1, -0.05) is 26.5 Å². The molecular weight excluding hydrogens is 384 g/mol. The van der Waals surface area contributed by atoms with E-state index in [1.165, 1.54) is 22.2 Å². The molecule has 0 amide bonds. The van der Waals surface area contributed by atoms with E-state index >= 15 is 0 Å². The summed E-state index contributed by atoms with van der Waals surface area (Å²) in [6.45, 7) is 7.41. The molecule has 0 saturated heterocycles. The molecule has 1 aliphatic heterocycles. The summed E-state index contributed by atoms with van der Waals surface area (Å²) in [6, 6.07) is 13.9. The number of hydrogen-bond acceptors (Lipinski definition) is 3. The molecular formula is C26H30N4O. The quantitative estimate of drug-likeness (QED) is 0.487. The van der Waals surface area contributed by atoms with E-state index in [-0.39, 0.29) is 13.0 Å². The highest BCUT2D eigenvalue weighted by Crippen LogP contribution is 2.31. The number of rotatable bonds is 3. The molecule has 3 aromatic heterocycles. The zero-order chi connectivity index (χ0) is 20.8. The predicted molar refractivity (Wildman–Crippen MR) is 128 cm³/mol. The van der Waals surface area contributed by atoms with Gasteiger partial charge in [0.15, 0.2) is 0 Å². The summed E-state index contributed by atoms with van der Waals surface area (Å²) in [7, 11) is 2.14. The van der Waals surface area contributed by atoms with Crippen LogP contribution in [0.25, 0.3) is 27.8 Å². The number of aromatic nitrogens is 3. The van der Waals surface area contributed by atoms with Crippen molar-refractivity contribution in [3.8, 4) is 16.9 Å². The van der Waals surface area contributed by atoms with Crippen LogP contribution in [0.15, 0.2) is 59.7 Å². The lowest BCUT2D eigenvalue weighted by Gasteiger charge is -2.26. The summed E-state index contributed by atoms with van der Waals surface area (Å²) in [5, 5.41) is 1.29. The molecule has 5 nitrogen and oxygen atoms in total. The van der Waals surface area contributed by atoms with Crippen LogP contribution in [0.4, 0.5) is 0 Å². The van der Waals surface area contributed by atoms with Crippen LogP contribution in [0.1, 0.15) is 31.2 Å². The molecule has 0 atom stereocenters. The molecule has 0 spiro atoms. The fourth-order valence-electron chi connectivity index (χ4n) is 4.53. The van der Waals surface area contributed by atoms with E-state index in [2.05, 4.69) is 46.6 Å². The maximum atomic E-state index is 12.9. The van der Waals surface area contributed by atoms with Gasteiger partial charge in [0.05, 0.1) is 16.9 Å². The minimum absolute atomic E-state index is 0. The maximum absolute atomic E-state index is 12.9. The Hall–Kier alpha value is -3.18. The molecule has 0 unspecified atom stereocenters. The van der Waals surface area contributed by atoms with Crippen molar-refractivity contribution in [2.45, 2.75) is 34.2 Å². The van der Waals surface area contributed by atoms with Gasteiger partial charge >= 0.3 is 0 Å². The Morgan fingerprint density at radius 3 is 2.65 bits per heavy atom. The van der Waals surface area contributed by atoms with Crippen LogP contribution in [0, 0.1) is 6.92 Å². The molecule has 31 heavy (non-hydrogen) atoms. The van der Waals surface area contributed by atoms with E-state index in [0.717, 1.165) is 48.6 Å². The Morgan fingerprint density at radius 2 is 1.94 bits per heavy atom. The highest BCUT2D eigenvalue weighted by atomic mass is 16.1. The van der Waals surface area contributed by atoms with Crippen LogP contribution in [-0.4, -0.2) is 32.1 Å². The number of pyridine rings is 2. The molecule has 0 fully saturated rings. The summed E-state index contributed by atoms with van der Waals surface area (Å²) in [6.07, 6.45) is 4.75. The van der Waals surface area contributed by atoms with Gasteiger partial charge in [0.2, 0.25) is 0 Å². The van der Waals surface area contributed by atoms with Crippen molar-refractivity contribution in [1.82, 2.24) is 19.0 Å². The molecule has 0 aliphatic carbocycles. The van der Waals surface area contributed by atoms with Crippen LogP contribution in [0.3, 0.4) is 0 Å². The van der Waals surface area contributed by atoms with Crippen LogP contribution in [0.2, 0.25) is 0 Å². The van der Waals surface area contributed by atoms with Crippen molar-refractivity contribution >= 4 is 10.9 Å². The number of nitrogens with zero attached hydrogens (tertiary/aromatic N) is 4. The van der Waals surface area contributed by atoms with Crippen molar-refractivity contribution in [1.29, 1.82) is 0 Å². The first-order valence-electron chi connectivity index (χ1n) is 10.5. The predicted octanol–water partition coefficient (Wildman–Crippen LogP) is 4.71. The third-order valence-corrected chi connectivity index (χ3v) is 6.32. The van der Waals surface area contributed by atoms with Gasteiger partial charge < -0.3 is 4.57 Å². The van der Waals surface area contributed by atoms with Gasteiger partial charge in [-0.05, 0) is 48.9 Å². The van der Waals surface area contributed by atoms with Gasteiger partial charge in [-0.15, -0.1) is 0 Å². The zero-order valence-electron chi connectivity index (χ0n) is 17.7. The SMILES string of the molecule is C.CCN1CCc2c(c3ccc(-n4ccc(-c5ccc(C)cn5)cc4=O)cc3n2C)C1. The smallest absolute Gasteiger partial charge is 0.255 e. The molecule has 0 saturated carbocycles. The third-order valence-electron chi connectivity index (χ3n) is 6.32. The molecule has 1 aromatic carbocycles. The molecule has 5 heteroatoms. The number of aryl methyl sites for hydroxylation is 2. The standard InChI is InChI=1S/C25H26N4O.CH4/c1-4-28-11-10-23-21(16-28)20-7-6-19(14-24(20)27(23)3)29-12-9-18(13-25(29)30)22-8-5-17(2)15-26-22;/h5-9,12-15H,4,10-11,16H2,1-3H3;1H4. The Kier molecular flexibility index (Phi) is 5.54. The minimum atomic E-state index is -0.0506. The fourth-order valence-corrected chi connectivity index (χ4v) is 4.53. The number of benzene rings is 1. The van der Waals surface area contributed by atoms with Gasteiger partial charge in [-0.25, -0.2) is 0 Å². The van der Waals surface area contributed by atoms with E-state index < -0.39 is 0 Å². The number of fused-ring (bicyclic) bond motifs is 3. The first-order chi connectivity index (χ1) is 14.5. The highest BCUT2D eigenvalue weighted by molar-refractivity contribution is 5.87. The van der Waals surface area contributed by atoms with Gasteiger partial charge in [-0.3, -0.25) is 19.2 Å². The first kappa shape index (κ1) is 21.1. The molecule has 4 heterocycles. The number of hydrogen-bond donors (Lipinski definition) is 0. The Bertz CT molecular complexity index is 1300. The van der Waals surface area contributed by atoms with Gasteiger partial charge in [-0.2, -0.15) is 0 Å². The summed E-state index contributed by atoms with van der Waals surface area (Å²) in [5.74, 6) is 0. The van der Waals surface area contributed by atoms with Crippen LogP contribution >= 0.6 is 0 Å². The molecule has 1 aliphatic rings. The molecule has 4 aromatic rings. The second-order valence-corrected chi connectivity index (χ2v) is 8.15. The van der Waals surface area contributed by atoms with E-state index in [1.54, 1.807) is 10.6 Å². The molecule has 160 valence electrons. The summed E-state index contributed by atoms with van der Waals surface area (Å²) >= 11 is 0. The molecule has 0 radical (unpaired) electrons. The molecule has 0 N–H and O–H groups in total. The van der Waals surface area contributed by atoms with Crippen molar-refractivity contribution in [2.24, 2.45) is 7.05 Å². The van der Waals surface area contributed by atoms with E-state index in [4.69, 9.17) is 0 Å². The lowest BCUT2D eigenvalue weighted by molar-refractivity contribution is 0.266. The van der Waals surface area contributed by atoms with E-state index in [1.807, 2.05) is 37.5 Å². The summed E-state index contributed by atoms with van der Waals surface area (Å²) < 4.78 is 4.01. The van der Waals surface area contributed by atoms with Crippen molar-refractivity contribution in [3.63, 3.8) is 0 Å². The van der Waals surface area contributed by atoms with E-state index in [9.17, 15) is 4.79 Å². The third kappa shape index (κ3) is 3.59. The van der Waals surface area contributed by atoms with Gasteiger partial charge in [0.25, 0.3) is 5.56 Å². The van der Waals surface area contributed by atoms with Crippen LogP contribution in [0.5, 0.6) is 0 Å². The Balaban J connectivity index is 0.00000231. The van der Waals surface area contributed by atoms with E-state index in [0.29, 0.717) is 0 Å². The van der Waals surface area contributed by atoms with Crippen LogP contribution in [-0.2, 0) is 20.0 Å². The summed E-state index contributed by atoms with van der Waals surface area (Å²) in [4.78, 5) is 19.8. The van der Waals surface area contributed by atoms with Crippen molar-refractivity contribution in [2.75, 3.05) is 13.1 Å². The second kappa shape index (κ2) is 8.16. The van der Waals surface area contributed by atoms with Gasteiger partial charge in [0.1, 0.15) is 0 Å². The maximum Gasteiger partial charge on any atom is 0.255 e. The van der Waals surface area contributed by atoms with Crippen LogP contribution < -0.4 is 5.56 Å². The number of likely N-dealkylation sites (N-methyl/N-ethyl adjacent to an activating group) is 1. The monoisotopic (exact) mass is 414 g/mol. The largest absolute Gasteiger partial charge is 0.347 e. The normalized spacial score (nSPS) is 13.8. The van der Waals surface area contributed by atoms with Crippen molar-refractivity contribution in [3.05, 3.63) is 82.0 Å². The first-order valence-corrected chi connectivity index (χ1v) is 10.5. The minimum Gasteiger partial charge on any atom is -0.347 e. The summed E-state index contributed by atoms with van der Waals surface area (Å²) in [5.41, 5.74) is 7.63. The zero-order valence-corrected chi connectivity index (χ0v) is 17.7.